The van der Waals surface area contributed by atoms with Crippen molar-refractivity contribution < 1.29 is 14.3 Å². The Hall–Kier alpha value is -2.31. The van der Waals surface area contributed by atoms with Gasteiger partial charge in [-0.05, 0) is 18.1 Å². The summed E-state index contributed by atoms with van der Waals surface area (Å²) in [5.41, 5.74) is 7.76. The first-order chi connectivity index (χ1) is 13.0. The molecular formula is C21H22N2O3S. The Morgan fingerprint density at radius 3 is 2.22 bits per heavy atom. The fourth-order valence-electron chi connectivity index (χ4n) is 3.77. The Labute approximate surface area is 162 Å². The molecule has 2 saturated heterocycles. The lowest BCUT2D eigenvalue weighted by Crippen LogP contribution is -2.59. The minimum atomic E-state index is -0.659. The van der Waals surface area contributed by atoms with Crippen LogP contribution in [0.4, 0.5) is 0 Å². The first kappa shape index (κ1) is 18.1. The van der Waals surface area contributed by atoms with Gasteiger partial charge in [0.1, 0.15) is 6.04 Å². The van der Waals surface area contributed by atoms with E-state index in [4.69, 9.17) is 10.5 Å². The highest BCUT2D eigenvalue weighted by atomic mass is 32.2. The Kier molecular flexibility index (Phi) is 4.70. The van der Waals surface area contributed by atoms with Gasteiger partial charge in [0.2, 0.25) is 5.91 Å². The van der Waals surface area contributed by atoms with Crippen LogP contribution in [0.25, 0.3) is 0 Å². The summed E-state index contributed by atoms with van der Waals surface area (Å²) >= 11 is 1.60. The van der Waals surface area contributed by atoms with Gasteiger partial charge in [0, 0.05) is 6.54 Å². The molecule has 27 heavy (non-hydrogen) atoms. The van der Waals surface area contributed by atoms with E-state index >= 15 is 0 Å². The second-order valence-electron chi connectivity index (χ2n) is 7.14. The zero-order chi connectivity index (χ0) is 19.0. The Morgan fingerprint density at radius 2 is 1.74 bits per heavy atom. The van der Waals surface area contributed by atoms with E-state index in [9.17, 15) is 9.59 Å². The summed E-state index contributed by atoms with van der Waals surface area (Å²) in [4.78, 5) is 27.0. The summed E-state index contributed by atoms with van der Waals surface area (Å²) in [6.07, 6.45) is -0.0625. The molecule has 140 valence electrons. The Balaban J connectivity index is 1.65. The third-order valence-electron chi connectivity index (χ3n) is 5.28. The van der Waals surface area contributed by atoms with Crippen molar-refractivity contribution in [3.63, 3.8) is 0 Å². The highest BCUT2D eigenvalue weighted by Crippen LogP contribution is 2.51. The van der Waals surface area contributed by atoms with Crippen molar-refractivity contribution in [3.05, 3.63) is 71.8 Å². The van der Waals surface area contributed by atoms with Crippen molar-refractivity contribution in [2.75, 3.05) is 6.54 Å². The average molecular weight is 382 g/mol. The average Bonchev–Trinajstić information content (AvgIpc) is 2.95. The van der Waals surface area contributed by atoms with Gasteiger partial charge in [-0.2, -0.15) is 0 Å². The van der Waals surface area contributed by atoms with Gasteiger partial charge < -0.3 is 15.4 Å². The summed E-state index contributed by atoms with van der Waals surface area (Å²) in [6.45, 7) is 2.24. The number of nitrogens with zero attached hydrogens (tertiary/aromatic N) is 1. The number of nitrogens with two attached hydrogens (primary N) is 1. The van der Waals surface area contributed by atoms with Crippen molar-refractivity contribution in [3.8, 4) is 0 Å². The van der Waals surface area contributed by atoms with Gasteiger partial charge in [-0.15, -0.1) is 11.8 Å². The van der Waals surface area contributed by atoms with E-state index in [2.05, 4.69) is 0 Å². The van der Waals surface area contributed by atoms with Gasteiger partial charge in [-0.3, -0.25) is 4.79 Å². The lowest BCUT2D eigenvalue weighted by molar-refractivity contribution is -0.164. The predicted molar refractivity (Wildman–Crippen MR) is 105 cm³/mol. The number of esters is 1. The molecule has 0 aromatic heterocycles. The van der Waals surface area contributed by atoms with Crippen molar-refractivity contribution in [2.24, 2.45) is 5.73 Å². The number of benzene rings is 2. The standard InChI is InChI=1S/C21H22N2O3S/c1-21(13-22)19(23-16(24)12-17(23)27-21)20(25)26-18(14-8-4-2-5-9-14)15-10-6-3-7-11-15/h2-11,17-19H,12-13,22H2,1H3/t17-,19?,21?/m1/s1. The number of fused-ring (bicyclic) bond motifs is 1. The van der Waals surface area contributed by atoms with E-state index in [-0.39, 0.29) is 11.3 Å². The van der Waals surface area contributed by atoms with E-state index in [0.717, 1.165) is 11.1 Å². The minimum Gasteiger partial charge on any atom is -0.451 e. The summed E-state index contributed by atoms with van der Waals surface area (Å²) < 4.78 is 5.47. The summed E-state index contributed by atoms with van der Waals surface area (Å²) in [6, 6.07) is 18.6. The number of carbonyl (C=O) groups is 2. The van der Waals surface area contributed by atoms with Gasteiger partial charge >= 0.3 is 5.97 Å². The molecule has 2 heterocycles. The normalized spacial score (nSPS) is 26.6. The Bertz CT molecular complexity index is 806. The molecule has 2 fully saturated rings. The monoisotopic (exact) mass is 382 g/mol. The van der Waals surface area contributed by atoms with Gasteiger partial charge in [0.25, 0.3) is 0 Å². The van der Waals surface area contributed by atoms with Crippen molar-refractivity contribution in [1.29, 1.82) is 0 Å². The lowest BCUT2D eigenvalue weighted by atomic mass is 9.96. The first-order valence-electron chi connectivity index (χ1n) is 9.03. The van der Waals surface area contributed by atoms with Gasteiger partial charge in [-0.1, -0.05) is 60.7 Å². The van der Waals surface area contributed by atoms with Crippen LogP contribution in [0.1, 0.15) is 30.6 Å². The smallest absolute Gasteiger partial charge is 0.331 e. The molecule has 2 aromatic rings. The van der Waals surface area contributed by atoms with Crippen LogP contribution in [0, 0.1) is 0 Å². The number of rotatable bonds is 5. The fraction of sp³-hybridized carbons (Fsp3) is 0.333. The molecule has 0 radical (unpaired) electrons. The second kappa shape index (κ2) is 7.02. The number of amides is 1. The molecule has 6 heteroatoms. The molecule has 0 spiro atoms. The van der Waals surface area contributed by atoms with Gasteiger partial charge in [0.15, 0.2) is 6.10 Å². The van der Waals surface area contributed by atoms with Gasteiger partial charge in [0.05, 0.1) is 16.5 Å². The molecule has 4 rings (SSSR count). The zero-order valence-electron chi connectivity index (χ0n) is 15.1. The van der Waals surface area contributed by atoms with Crippen LogP contribution >= 0.6 is 11.8 Å². The molecule has 2 aromatic carbocycles. The second-order valence-corrected chi connectivity index (χ2v) is 8.85. The van der Waals surface area contributed by atoms with E-state index in [1.165, 1.54) is 0 Å². The molecule has 2 unspecified atom stereocenters. The molecule has 2 aliphatic heterocycles. The Morgan fingerprint density at radius 1 is 1.19 bits per heavy atom. The minimum absolute atomic E-state index is 0.0115. The number of hydrogen-bond donors (Lipinski definition) is 1. The molecule has 2 N–H and O–H groups in total. The molecule has 0 aliphatic carbocycles. The maximum atomic E-state index is 13.2. The quantitative estimate of drug-likeness (QED) is 0.636. The van der Waals surface area contributed by atoms with E-state index in [1.807, 2.05) is 67.6 Å². The number of carbonyl (C=O) groups excluding carboxylic acids is 2. The molecule has 0 saturated carbocycles. The number of hydrogen-bond acceptors (Lipinski definition) is 5. The summed E-state index contributed by atoms with van der Waals surface area (Å²) in [5.74, 6) is -0.411. The predicted octanol–water partition coefficient (Wildman–Crippen LogP) is 2.71. The van der Waals surface area contributed by atoms with Crippen LogP contribution in [-0.4, -0.2) is 39.5 Å². The van der Waals surface area contributed by atoms with E-state index in [0.29, 0.717) is 13.0 Å². The molecule has 2 aliphatic rings. The topological polar surface area (TPSA) is 72.6 Å². The maximum Gasteiger partial charge on any atom is 0.331 e. The van der Waals surface area contributed by atoms with Crippen molar-refractivity contribution >= 4 is 23.6 Å². The van der Waals surface area contributed by atoms with Crippen LogP contribution < -0.4 is 5.73 Å². The highest BCUT2D eigenvalue weighted by Gasteiger charge is 2.60. The molecule has 5 nitrogen and oxygen atoms in total. The van der Waals surface area contributed by atoms with Crippen LogP contribution in [-0.2, 0) is 14.3 Å². The number of thioether (sulfide) groups is 1. The molecule has 0 bridgehead atoms. The van der Waals surface area contributed by atoms with Crippen LogP contribution in [0.2, 0.25) is 0 Å². The van der Waals surface area contributed by atoms with Crippen LogP contribution in [0.15, 0.2) is 60.7 Å². The number of β-lactam (4-membered cyclic amide) rings is 1. The third-order valence-corrected chi connectivity index (χ3v) is 6.87. The van der Waals surface area contributed by atoms with E-state index < -0.39 is 22.9 Å². The van der Waals surface area contributed by atoms with Crippen molar-refractivity contribution in [1.82, 2.24) is 4.90 Å². The molecule has 3 atom stereocenters. The SMILES string of the molecule is CC1(CN)S[C@@H]2CC(=O)N2C1C(=O)OC(c1ccccc1)c1ccccc1. The summed E-state index contributed by atoms with van der Waals surface area (Å²) in [7, 11) is 0. The van der Waals surface area contributed by atoms with Crippen molar-refractivity contribution in [2.45, 2.75) is 35.6 Å². The lowest BCUT2D eigenvalue weighted by Gasteiger charge is -2.38. The summed E-state index contributed by atoms with van der Waals surface area (Å²) in [5, 5.41) is 0.0236. The largest absolute Gasteiger partial charge is 0.451 e. The van der Waals surface area contributed by atoms with Crippen LogP contribution in [0.5, 0.6) is 0 Å². The number of ether oxygens (including phenoxy) is 1. The maximum absolute atomic E-state index is 13.2. The van der Waals surface area contributed by atoms with Crippen LogP contribution in [0.3, 0.4) is 0 Å². The molecular weight excluding hydrogens is 360 g/mol. The zero-order valence-corrected chi connectivity index (χ0v) is 15.9. The van der Waals surface area contributed by atoms with E-state index in [1.54, 1.807) is 16.7 Å². The fourth-order valence-corrected chi connectivity index (χ4v) is 5.40. The molecule has 1 amide bonds. The first-order valence-corrected chi connectivity index (χ1v) is 9.91. The van der Waals surface area contributed by atoms with Gasteiger partial charge in [-0.25, -0.2) is 4.79 Å². The highest BCUT2D eigenvalue weighted by molar-refractivity contribution is 8.01. The third kappa shape index (κ3) is 3.13.